The zero-order valence-corrected chi connectivity index (χ0v) is 19.7. The van der Waals surface area contributed by atoms with Crippen LogP contribution in [0.15, 0.2) is 18.2 Å². The zero-order chi connectivity index (χ0) is 22.4. The maximum atomic E-state index is 13.3. The molecule has 1 saturated heterocycles. The summed E-state index contributed by atoms with van der Waals surface area (Å²) in [6, 6.07) is 5.73. The van der Waals surface area contributed by atoms with Crippen LogP contribution in [0.4, 0.5) is 0 Å². The van der Waals surface area contributed by atoms with Gasteiger partial charge in [0.15, 0.2) is 5.78 Å². The van der Waals surface area contributed by atoms with Crippen LogP contribution in [0.1, 0.15) is 67.1 Å². The number of hydrogen-bond acceptors (Lipinski definition) is 3. The molecular formula is C27H36N2O3. The molecule has 2 aliphatic carbocycles. The molecule has 0 bridgehead atoms. The normalized spacial score (nSPS) is 22.5. The maximum absolute atomic E-state index is 13.3. The van der Waals surface area contributed by atoms with Gasteiger partial charge in [0.25, 0.3) is 5.91 Å². The molecular weight excluding hydrogens is 400 g/mol. The SMILES string of the molecule is C[C@H](C(=O)CC1CC1)N(C)C(=O)c1ccc2c(c1)c1c(n2C)CCC(C2CCOCC2)C1. The van der Waals surface area contributed by atoms with E-state index in [1.165, 1.54) is 41.4 Å². The van der Waals surface area contributed by atoms with Crippen LogP contribution in [0.3, 0.4) is 0 Å². The number of benzene rings is 1. The van der Waals surface area contributed by atoms with Crippen molar-refractivity contribution in [1.82, 2.24) is 9.47 Å². The number of nitrogens with zero attached hydrogens (tertiary/aromatic N) is 2. The number of ether oxygens (including phenoxy) is 1. The number of carbonyl (C=O) groups is 2. The molecule has 1 aliphatic heterocycles. The van der Waals surface area contributed by atoms with Crippen molar-refractivity contribution in [3.05, 3.63) is 35.0 Å². The lowest BCUT2D eigenvalue weighted by atomic mass is 9.75. The van der Waals surface area contributed by atoms with Crippen molar-refractivity contribution < 1.29 is 14.3 Å². The monoisotopic (exact) mass is 436 g/mol. The minimum absolute atomic E-state index is 0.0575. The van der Waals surface area contributed by atoms with Gasteiger partial charge in [0.1, 0.15) is 0 Å². The van der Waals surface area contributed by atoms with E-state index in [2.05, 4.69) is 23.7 Å². The van der Waals surface area contributed by atoms with Crippen LogP contribution in [-0.4, -0.2) is 47.5 Å². The number of rotatable bonds is 6. The Bertz CT molecular complexity index is 1030. The van der Waals surface area contributed by atoms with Crippen molar-refractivity contribution in [2.24, 2.45) is 24.8 Å². The first-order chi connectivity index (χ1) is 15.4. The van der Waals surface area contributed by atoms with E-state index < -0.39 is 0 Å². The lowest BCUT2D eigenvalue weighted by Crippen LogP contribution is -2.40. The molecule has 2 aromatic rings. The fourth-order valence-corrected chi connectivity index (χ4v) is 5.90. The van der Waals surface area contributed by atoms with Crippen LogP contribution < -0.4 is 0 Å². The van der Waals surface area contributed by atoms with Gasteiger partial charge in [-0.3, -0.25) is 9.59 Å². The number of amides is 1. The van der Waals surface area contributed by atoms with Crippen LogP contribution >= 0.6 is 0 Å². The zero-order valence-electron chi connectivity index (χ0n) is 19.7. The fraction of sp³-hybridized carbons (Fsp3) is 0.630. The average molecular weight is 437 g/mol. The van der Waals surface area contributed by atoms with Crippen molar-refractivity contribution >= 4 is 22.6 Å². The molecule has 1 aromatic heterocycles. The number of ketones is 1. The molecule has 0 spiro atoms. The Morgan fingerprint density at radius 3 is 2.59 bits per heavy atom. The van der Waals surface area contributed by atoms with Crippen molar-refractivity contribution in [2.45, 2.75) is 64.3 Å². The topological polar surface area (TPSA) is 51.5 Å². The first-order valence-corrected chi connectivity index (χ1v) is 12.4. The molecule has 2 fully saturated rings. The predicted octanol–water partition coefficient (Wildman–Crippen LogP) is 4.54. The van der Waals surface area contributed by atoms with E-state index in [1.54, 1.807) is 11.9 Å². The molecule has 2 heterocycles. The van der Waals surface area contributed by atoms with Crippen LogP contribution in [0.2, 0.25) is 0 Å². The number of aryl methyl sites for hydroxylation is 1. The Morgan fingerprint density at radius 2 is 1.88 bits per heavy atom. The highest BCUT2D eigenvalue weighted by Gasteiger charge is 2.32. The summed E-state index contributed by atoms with van der Waals surface area (Å²) < 4.78 is 7.91. The second-order valence-corrected chi connectivity index (χ2v) is 10.4. The Morgan fingerprint density at radius 1 is 1.12 bits per heavy atom. The number of Topliss-reactive ketones (excluding diaryl/α,β-unsaturated/α-hetero) is 1. The third-order valence-electron chi connectivity index (χ3n) is 8.39. The smallest absolute Gasteiger partial charge is 0.254 e. The Hall–Kier alpha value is -2.14. The van der Waals surface area contributed by atoms with E-state index in [-0.39, 0.29) is 17.7 Å². The van der Waals surface area contributed by atoms with Crippen LogP contribution in [-0.2, 0) is 29.4 Å². The highest BCUT2D eigenvalue weighted by molar-refractivity contribution is 6.01. The van der Waals surface area contributed by atoms with Crippen molar-refractivity contribution in [2.75, 3.05) is 20.3 Å². The minimum Gasteiger partial charge on any atom is -0.381 e. The number of fused-ring (bicyclic) bond motifs is 3. The molecule has 1 saturated carbocycles. The first kappa shape index (κ1) is 21.7. The number of hydrogen-bond donors (Lipinski definition) is 0. The van der Waals surface area contributed by atoms with Crippen molar-refractivity contribution in [3.8, 4) is 0 Å². The highest BCUT2D eigenvalue weighted by atomic mass is 16.5. The Kier molecular flexibility index (Phi) is 5.87. The van der Waals surface area contributed by atoms with Gasteiger partial charge < -0.3 is 14.2 Å². The molecule has 1 unspecified atom stereocenters. The second kappa shape index (κ2) is 8.66. The van der Waals surface area contributed by atoms with E-state index in [4.69, 9.17) is 4.74 Å². The van der Waals surface area contributed by atoms with Crippen LogP contribution in [0.25, 0.3) is 10.9 Å². The Balaban J connectivity index is 1.39. The number of carbonyl (C=O) groups excluding carboxylic acids is 2. The van der Waals surface area contributed by atoms with Gasteiger partial charge in [-0.25, -0.2) is 0 Å². The van der Waals surface area contributed by atoms with E-state index >= 15 is 0 Å². The Labute approximate surface area is 191 Å². The predicted molar refractivity (Wildman–Crippen MR) is 126 cm³/mol. The molecule has 0 N–H and O–H groups in total. The summed E-state index contributed by atoms with van der Waals surface area (Å²) in [6.45, 7) is 3.66. The minimum atomic E-state index is -0.374. The molecule has 1 aromatic carbocycles. The molecule has 5 nitrogen and oxygen atoms in total. The highest BCUT2D eigenvalue weighted by Crippen LogP contribution is 2.39. The summed E-state index contributed by atoms with van der Waals surface area (Å²) >= 11 is 0. The van der Waals surface area contributed by atoms with Gasteiger partial charge in [-0.05, 0) is 93.4 Å². The molecule has 5 heteroatoms. The molecule has 172 valence electrons. The van der Waals surface area contributed by atoms with Crippen LogP contribution in [0, 0.1) is 17.8 Å². The van der Waals surface area contributed by atoms with Gasteiger partial charge in [0.2, 0.25) is 0 Å². The molecule has 5 rings (SSSR count). The van der Waals surface area contributed by atoms with Gasteiger partial charge in [-0.2, -0.15) is 0 Å². The van der Waals surface area contributed by atoms with Gasteiger partial charge in [0.05, 0.1) is 6.04 Å². The summed E-state index contributed by atoms with van der Waals surface area (Å²) in [6.07, 6.45) is 8.72. The first-order valence-electron chi connectivity index (χ1n) is 12.4. The number of aromatic nitrogens is 1. The maximum Gasteiger partial charge on any atom is 0.254 e. The largest absolute Gasteiger partial charge is 0.381 e. The summed E-state index contributed by atoms with van der Waals surface area (Å²) in [5, 5.41) is 1.22. The van der Waals surface area contributed by atoms with E-state index in [1.807, 2.05) is 13.0 Å². The molecule has 2 atom stereocenters. The van der Waals surface area contributed by atoms with E-state index in [0.717, 1.165) is 44.8 Å². The van der Waals surface area contributed by atoms with Gasteiger partial charge in [0, 0.05) is 55.9 Å². The van der Waals surface area contributed by atoms with Crippen molar-refractivity contribution in [3.63, 3.8) is 0 Å². The van der Waals surface area contributed by atoms with Crippen molar-refractivity contribution in [1.29, 1.82) is 0 Å². The average Bonchev–Trinajstić information content (AvgIpc) is 3.61. The van der Waals surface area contributed by atoms with Gasteiger partial charge >= 0.3 is 0 Å². The number of likely N-dealkylation sites (N-methyl/N-ethyl adjacent to an activating group) is 1. The third-order valence-corrected chi connectivity index (χ3v) is 8.39. The molecule has 3 aliphatic rings. The molecule has 1 amide bonds. The summed E-state index contributed by atoms with van der Waals surface area (Å²) in [5.74, 6) is 2.13. The van der Waals surface area contributed by atoms with E-state index in [0.29, 0.717) is 23.8 Å². The quantitative estimate of drug-likeness (QED) is 0.668. The van der Waals surface area contributed by atoms with Gasteiger partial charge in [-0.1, -0.05) is 0 Å². The summed E-state index contributed by atoms with van der Waals surface area (Å²) in [5.41, 5.74) is 4.75. The molecule has 0 radical (unpaired) electrons. The standard InChI is InChI=1S/C27H36N2O3/c1-17(26(30)14-18-4-5-18)28(2)27(31)21-7-9-25-23(16-21)22-15-20(6-8-24(22)29(25)3)19-10-12-32-13-11-19/h7,9,16-20H,4-6,8,10-15H2,1-3H3/t17-,20?/m1/s1. The fourth-order valence-electron chi connectivity index (χ4n) is 5.90. The van der Waals surface area contributed by atoms with E-state index in [9.17, 15) is 9.59 Å². The second-order valence-electron chi connectivity index (χ2n) is 10.4. The lowest BCUT2D eigenvalue weighted by Gasteiger charge is -2.33. The lowest BCUT2D eigenvalue weighted by molar-refractivity contribution is -0.123. The van der Waals surface area contributed by atoms with Crippen LogP contribution in [0.5, 0.6) is 0 Å². The summed E-state index contributed by atoms with van der Waals surface area (Å²) in [4.78, 5) is 27.5. The third kappa shape index (κ3) is 4.00. The summed E-state index contributed by atoms with van der Waals surface area (Å²) in [7, 11) is 3.92. The van der Waals surface area contributed by atoms with Gasteiger partial charge in [-0.15, -0.1) is 0 Å². The molecule has 32 heavy (non-hydrogen) atoms.